The van der Waals surface area contributed by atoms with Gasteiger partial charge >= 0.3 is 5.97 Å². The summed E-state index contributed by atoms with van der Waals surface area (Å²) in [7, 11) is 0. The molecule has 2 N–H and O–H groups in total. The standard InChI is InChI=1S/C13H14INO4/c1-7-5-15(6-10(7)13(18)19)12(17)9-4-8(14)2-3-11(9)16/h2-4,7,10,16H,5-6H2,1H3,(H,18,19). The predicted molar refractivity (Wildman–Crippen MR) is 77.0 cm³/mol. The van der Waals surface area contributed by atoms with Gasteiger partial charge in [0.1, 0.15) is 5.75 Å². The molecule has 1 aliphatic heterocycles. The molecule has 0 bridgehead atoms. The fourth-order valence-electron chi connectivity index (χ4n) is 2.30. The Morgan fingerprint density at radius 2 is 2.05 bits per heavy atom. The highest BCUT2D eigenvalue weighted by molar-refractivity contribution is 14.1. The summed E-state index contributed by atoms with van der Waals surface area (Å²) < 4.78 is 0.848. The molecule has 2 atom stereocenters. The maximum absolute atomic E-state index is 12.3. The largest absolute Gasteiger partial charge is 0.507 e. The second kappa shape index (κ2) is 5.36. The lowest BCUT2D eigenvalue weighted by Gasteiger charge is -2.16. The summed E-state index contributed by atoms with van der Waals surface area (Å²) in [4.78, 5) is 24.8. The highest BCUT2D eigenvalue weighted by Gasteiger charge is 2.37. The zero-order valence-electron chi connectivity index (χ0n) is 10.3. The number of carbonyl (C=O) groups excluding carboxylic acids is 1. The van der Waals surface area contributed by atoms with E-state index < -0.39 is 11.9 Å². The molecule has 1 fully saturated rings. The van der Waals surface area contributed by atoms with Crippen LogP contribution < -0.4 is 0 Å². The number of carboxylic acids is 1. The average Bonchev–Trinajstić information content (AvgIpc) is 2.74. The Morgan fingerprint density at radius 1 is 1.37 bits per heavy atom. The molecule has 2 unspecified atom stereocenters. The number of benzene rings is 1. The quantitative estimate of drug-likeness (QED) is 0.773. The molecular weight excluding hydrogens is 361 g/mol. The van der Waals surface area contributed by atoms with Crippen LogP contribution in [0.2, 0.25) is 0 Å². The molecular formula is C13H14INO4. The van der Waals surface area contributed by atoms with E-state index in [-0.39, 0.29) is 29.7 Å². The lowest BCUT2D eigenvalue weighted by molar-refractivity contribution is -0.142. The molecule has 19 heavy (non-hydrogen) atoms. The van der Waals surface area contributed by atoms with Gasteiger partial charge in [0.2, 0.25) is 0 Å². The number of nitrogens with zero attached hydrogens (tertiary/aromatic N) is 1. The number of hydrogen-bond donors (Lipinski definition) is 2. The van der Waals surface area contributed by atoms with Gasteiger partial charge in [-0.25, -0.2) is 0 Å². The van der Waals surface area contributed by atoms with E-state index in [0.717, 1.165) is 3.57 Å². The molecule has 102 valence electrons. The molecule has 1 aromatic carbocycles. The molecule has 1 amide bonds. The Kier molecular flexibility index (Phi) is 3.98. The number of hydrogen-bond acceptors (Lipinski definition) is 3. The van der Waals surface area contributed by atoms with Crippen molar-refractivity contribution in [2.75, 3.05) is 13.1 Å². The van der Waals surface area contributed by atoms with Crippen molar-refractivity contribution in [3.8, 4) is 5.75 Å². The molecule has 6 heteroatoms. The monoisotopic (exact) mass is 375 g/mol. The summed E-state index contributed by atoms with van der Waals surface area (Å²) >= 11 is 2.06. The fourth-order valence-corrected chi connectivity index (χ4v) is 2.80. The number of aromatic hydroxyl groups is 1. The maximum Gasteiger partial charge on any atom is 0.308 e. The number of rotatable bonds is 2. The SMILES string of the molecule is CC1CN(C(=O)c2cc(I)ccc2O)CC1C(=O)O. The summed E-state index contributed by atoms with van der Waals surface area (Å²) in [5.74, 6) is -1.88. The number of carbonyl (C=O) groups is 2. The van der Waals surface area contributed by atoms with E-state index >= 15 is 0 Å². The van der Waals surface area contributed by atoms with Gasteiger partial charge in [-0.15, -0.1) is 0 Å². The minimum Gasteiger partial charge on any atom is -0.507 e. The minimum absolute atomic E-state index is 0.0724. The number of halogens is 1. The zero-order valence-corrected chi connectivity index (χ0v) is 12.5. The summed E-state index contributed by atoms with van der Waals surface area (Å²) in [5.41, 5.74) is 0.227. The first-order valence-corrected chi connectivity index (χ1v) is 6.98. The first kappa shape index (κ1) is 14.1. The number of likely N-dealkylation sites (tertiary alicyclic amines) is 1. The van der Waals surface area contributed by atoms with Gasteiger partial charge in [-0.3, -0.25) is 9.59 Å². The van der Waals surface area contributed by atoms with Crippen LogP contribution in [-0.4, -0.2) is 40.1 Å². The van der Waals surface area contributed by atoms with Gasteiger partial charge < -0.3 is 15.1 Å². The van der Waals surface area contributed by atoms with E-state index in [4.69, 9.17) is 5.11 Å². The van der Waals surface area contributed by atoms with Gasteiger partial charge in [0.25, 0.3) is 5.91 Å². The molecule has 0 radical (unpaired) electrons. The zero-order chi connectivity index (χ0) is 14.2. The molecule has 1 aromatic rings. The number of amides is 1. The van der Waals surface area contributed by atoms with E-state index in [1.807, 2.05) is 6.92 Å². The van der Waals surface area contributed by atoms with Crippen LogP contribution in [0.25, 0.3) is 0 Å². The van der Waals surface area contributed by atoms with Crippen LogP contribution >= 0.6 is 22.6 Å². The second-order valence-electron chi connectivity index (χ2n) is 4.79. The third kappa shape index (κ3) is 2.83. The molecule has 0 aliphatic carbocycles. The molecule has 5 nitrogen and oxygen atoms in total. The molecule has 0 saturated carbocycles. The van der Waals surface area contributed by atoms with E-state index in [2.05, 4.69) is 22.6 Å². The number of phenolic OH excluding ortho intramolecular Hbond substituents is 1. The van der Waals surface area contributed by atoms with Gasteiger partial charge in [0, 0.05) is 16.7 Å². The van der Waals surface area contributed by atoms with Crippen molar-refractivity contribution in [2.45, 2.75) is 6.92 Å². The topological polar surface area (TPSA) is 77.8 Å². The molecule has 1 heterocycles. The van der Waals surface area contributed by atoms with E-state index in [9.17, 15) is 14.7 Å². The van der Waals surface area contributed by atoms with Crippen molar-refractivity contribution in [3.63, 3.8) is 0 Å². The summed E-state index contributed by atoms with van der Waals surface area (Å²) in [5, 5.41) is 18.8. The minimum atomic E-state index is -0.880. The first-order chi connectivity index (χ1) is 8.90. The number of carboxylic acid groups (broad SMARTS) is 1. The molecule has 2 rings (SSSR count). The van der Waals surface area contributed by atoms with Crippen LogP contribution in [0.3, 0.4) is 0 Å². The summed E-state index contributed by atoms with van der Waals surface area (Å²) in [6, 6.07) is 4.79. The normalized spacial score (nSPS) is 22.5. The van der Waals surface area contributed by atoms with Crippen LogP contribution in [0.15, 0.2) is 18.2 Å². The highest BCUT2D eigenvalue weighted by atomic mass is 127. The third-order valence-electron chi connectivity index (χ3n) is 3.41. The maximum atomic E-state index is 12.3. The Morgan fingerprint density at radius 3 is 2.63 bits per heavy atom. The van der Waals surface area contributed by atoms with Crippen molar-refractivity contribution < 1.29 is 19.8 Å². The van der Waals surface area contributed by atoms with Crippen LogP contribution in [-0.2, 0) is 4.79 Å². The Hall–Kier alpha value is -1.31. The average molecular weight is 375 g/mol. The Bertz CT molecular complexity index is 531. The lowest BCUT2D eigenvalue weighted by atomic mass is 9.99. The van der Waals surface area contributed by atoms with Crippen LogP contribution in [0, 0.1) is 15.4 Å². The summed E-state index contributed by atoms with van der Waals surface area (Å²) in [6.45, 7) is 2.42. The Balaban J connectivity index is 2.22. The van der Waals surface area contributed by atoms with Gasteiger partial charge in [-0.1, -0.05) is 6.92 Å². The van der Waals surface area contributed by atoms with Crippen molar-refractivity contribution >= 4 is 34.5 Å². The fraction of sp³-hybridized carbons (Fsp3) is 0.385. The van der Waals surface area contributed by atoms with Gasteiger partial charge in [0.05, 0.1) is 11.5 Å². The van der Waals surface area contributed by atoms with Crippen LogP contribution in [0.5, 0.6) is 5.75 Å². The van der Waals surface area contributed by atoms with E-state index in [0.29, 0.717) is 6.54 Å². The smallest absolute Gasteiger partial charge is 0.308 e. The lowest BCUT2D eigenvalue weighted by Crippen LogP contribution is -2.30. The van der Waals surface area contributed by atoms with Crippen molar-refractivity contribution in [1.29, 1.82) is 0 Å². The Labute approximate surface area is 124 Å². The molecule has 0 aromatic heterocycles. The number of phenols is 1. The van der Waals surface area contributed by atoms with E-state index in [1.54, 1.807) is 12.1 Å². The number of aliphatic carboxylic acids is 1. The van der Waals surface area contributed by atoms with Gasteiger partial charge in [0.15, 0.2) is 0 Å². The molecule has 0 spiro atoms. The third-order valence-corrected chi connectivity index (χ3v) is 4.08. The predicted octanol–water partition coefficient (Wildman–Crippen LogP) is 1.79. The second-order valence-corrected chi connectivity index (χ2v) is 6.04. The molecule has 1 saturated heterocycles. The van der Waals surface area contributed by atoms with Crippen molar-refractivity contribution in [1.82, 2.24) is 4.90 Å². The van der Waals surface area contributed by atoms with E-state index in [1.165, 1.54) is 11.0 Å². The highest BCUT2D eigenvalue weighted by Crippen LogP contribution is 2.27. The van der Waals surface area contributed by atoms with Crippen molar-refractivity contribution in [2.24, 2.45) is 11.8 Å². The van der Waals surface area contributed by atoms with Gasteiger partial charge in [-0.2, -0.15) is 0 Å². The van der Waals surface area contributed by atoms with Gasteiger partial charge in [-0.05, 0) is 46.7 Å². The van der Waals surface area contributed by atoms with Crippen LogP contribution in [0.1, 0.15) is 17.3 Å². The first-order valence-electron chi connectivity index (χ1n) is 5.90. The van der Waals surface area contributed by atoms with Crippen molar-refractivity contribution in [3.05, 3.63) is 27.3 Å². The van der Waals surface area contributed by atoms with Crippen LogP contribution in [0.4, 0.5) is 0 Å². The molecule has 1 aliphatic rings. The summed E-state index contributed by atoms with van der Waals surface area (Å²) in [6.07, 6.45) is 0.